The average molecular weight is 442 g/mol. The number of nitrogens with two attached hydrogens (primary N) is 1. The lowest BCUT2D eigenvalue weighted by Crippen LogP contribution is -2.11. The lowest BCUT2D eigenvalue weighted by molar-refractivity contribution is 0.598. The van der Waals surface area contributed by atoms with Gasteiger partial charge in [0.25, 0.3) is 0 Å². The van der Waals surface area contributed by atoms with Crippen molar-refractivity contribution in [3.63, 3.8) is 0 Å². The molecule has 0 atom stereocenters. The number of nitrogens with one attached hydrogen (secondary N) is 1. The molecule has 0 radical (unpaired) electrons. The van der Waals surface area contributed by atoms with E-state index < -0.39 is 10.0 Å². The van der Waals surface area contributed by atoms with Gasteiger partial charge in [-0.3, -0.25) is 4.57 Å². The van der Waals surface area contributed by atoms with Gasteiger partial charge in [0.15, 0.2) is 5.65 Å². The van der Waals surface area contributed by atoms with Gasteiger partial charge in [-0.2, -0.15) is 0 Å². The molecule has 7 nitrogen and oxygen atoms in total. The summed E-state index contributed by atoms with van der Waals surface area (Å²) in [6.45, 7) is 0. The largest absolute Gasteiger partial charge is 0.356 e. The van der Waals surface area contributed by atoms with E-state index in [1.165, 1.54) is 12.1 Å². The number of benzene rings is 3. The first-order valence-electron chi connectivity index (χ1n) is 9.88. The summed E-state index contributed by atoms with van der Waals surface area (Å²) in [6, 6.07) is 28.1. The number of primary sulfonamides is 1. The quantitative estimate of drug-likeness (QED) is 0.419. The van der Waals surface area contributed by atoms with Crippen LogP contribution in [0, 0.1) is 0 Å². The summed E-state index contributed by atoms with van der Waals surface area (Å²) in [4.78, 5) is 9.13. The molecule has 0 unspecified atom stereocenters. The van der Waals surface area contributed by atoms with Gasteiger partial charge < -0.3 is 5.32 Å². The van der Waals surface area contributed by atoms with Crippen molar-refractivity contribution in [3.05, 3.63) is 97.2 Å². The molecule has 0 aliphatic carbocycles. The number of fused-ring (bicyclic) bond motifs is 1. The van der Waals surface area contributed by atoms with E-state index in [1.807, 2.05) is 71.3 Å². The highest BCUT2D eigenvalue weighted by Crippen LogP contribution is 2.29. The Morgan fingerprint density at radius 2 is 1.47 bits per heavy atom. The van der Waals surface area contributed by atoms with Crippen LogP contribution in [0.1, 0.15) is 0 Å². The molecule has 0 fully saturated rings. The lowest BCUT2D eigenvalue weighted by atomic mass is 10.2. The number of anilines is 2. The Hall–Kier alpha value is -4.01. The molecule has 8 heteroatoms. The zero-order chi connectivity index (χ0) is 22.1. The molecule has 158 valence electrons. The monoisotopic (exact) mass is 441 g/mol. The lowest BCUT2D eigenvalue weighted by Gasteiger charge is -2.12. The number of nitrogens with zero attached hydrogens (tertiary/aromatic N) is 3. The van der Waals surface area contributed by atoms with Crippen LogP contribution in [0.15, 0.2) is 102 Å². The number of rotatable bonds is 5. The maximum Gasteiger partial charge on any atom is 0.238 e. The molecule has 0 amide bonds. The van der Waals surface area contributed by atoms with Gasteiger partial charge in [-0.25, -0.2) is 23.5 Å². The van der Waals surface area contributed by atoms with Gasteiger partial charge in [0.1, 0.15) is 5.82 Å². The summed E-state index contributed by atoms with van der Waals surface area (Å²) in [5.41, 5.74) is 5.08. The number of imidazole rings is 1. The van der Waals surface area contributed by atoms with E-state index in [2.05, 4.69) is 10.3 Å². The first-order chi connectivity index (χ1) is 15.5. The Balaban J connectivity index is 1.58. The zero-order valence-electron chi connectivity index (χ0n) is 16.9. The normalized spacial score (nSPS) is 11.5. The smallest absolute Gasteiger partial charge is 0.238 e. The molecule has 0 saturated carbocycles. The van der Waals surface area contributed by atoms with Crippen LogP contribution in [-0.2, 0) is 10.0 Å². The van der Waals surface area contributed by atoms with E-state index in [-0.39, 0.29) is 4.90 Å². The maximum absolute atomic E-state index is 11.6. The Labute approximate surface area is 185 Å². The summed E-state index contributed by atoms with van der Waals surface area (Å²) in [7, 11) is -3.77. The van der Waals surface area contributed by atoms with E-state index in [0.717, 1.165) is 28.1 Å². The molecule has 32 heavy (non-hydrogen) atoms. The van der Waals surface area contributed by atoms with Crippen LogP contribution in [0.5, 0.6) is 0 Å². The van der Waals surface area contributed by atoms with E-state index in [0.29, 0.717) is 11.5 Å². The third kappa shape index (κ3) is 3.84. The molecule has 3 N–H and O–H groups in total. The van der Waals surface area contributed by atoms with Crippen LogP contribution in [0.25, 0.3) is 28.2 Å². The van der Waals surface area contributed by atoms with Crippen molar-refractivity contribution < 1.29 is 8.42 Å². The molecule has 2 heterocycles. The molecule has 5 aromatic rings. The number of pyridine rings is 1. The number of para-hydroxylation sites is 1. The average Bonchev–Trinajstić information content (AvgIpc) is 3.19. The fourth-order valence-electron chi connectivity index (χ4n) is 3.54. The van der Waals surface area contributed by atoms with Gasteiger partial charge in [-0.05, 0) is 72.8 Å². The standard InChI is InChI=1S/C24H19N5O2S/c25-32(30,31)21-14-8-17(9-15-21)24-28-23-22(7-4-16-26-23)29(24)20-12-10-19(11-13-20)27-18-5-2-1-3-6-18/h1-16,27H,(H2,25,30,31). The van der Waals surface area contributed by atoms with E-state index >= 15 is 0 Å². The second kappa shape index (κ2) is 7.92. The third-order valence-corrected chi connectivity index (χ3v) is 5.99. The molecule has 0 bridgehead atoms. The van der Waals surface area contributed by atoms with Crippen LogP contribution in [0.4, 0.5) is 11.4 Å². The Kier molecular flexibility index (Phi) is 4.93. The minimum absolute atomic E-state index is 0.0541. The third-order valence-electron chi connectivity index (χ3n) is 5.06. The molecule has 0 saturated heterocycles. The fraction of sp³-hybridized carbons (Fsp3) is 0. The van der Waals surface area contributed by atoms with Crippen LogP contribution in [0.3, 0.4) is 0 Å². The number of hydrogen-bond donors (Lipinski definition) is 2. The second-order valence-electron chi connectivity index (χ2n) is 7.22. The van der Waals surface area contributed by atoms with Crippen molar-refractivity contribution in [2.24, 2.45) is 5.14 Å². The minimum Gasteiger partial charge on any atom is -0.356 e. The van der Waals surface area contributed by atoms with Crippen molar-refractivity contribution in [2.45, 2.75) is 4.90 Å². The highest BCUT2D eigenvalue weighted by atomic mass is 32.2. The summed E-state index contributed by atoms with van der Waals surface area (Å²) in [5, 5.41) is 8.61. The van der Waals surface area contributed by atoms with E-state index in [1.54, 1.807) is 18.3 Å². The number of hydrogen-bond acceptors (Lipinski definition) is 5. The van der Waals surface area contributed by atoms with Crippen LogP contribution in [0.2, 0.25) is 0 Å². The summed E-state index contributed by atoms with van der Waals surface area (Å²) in [6.07, 6.45) is 1.69. The van der Waals surface area contributed by atoms with Crippen LogP contribution >= 0.6 is 0 Å². The molecule has 0 aliphatic heterocycles. The van der Waals surface area contributed by atoms with Crippen molar-refractivity contribution in [3.8, 4) is 17.1 Å². The SMILES string of the molecule is NS(=O)(=O)c1ccc(-c2nc3ncccc3n2-c2ccc(Nc3ccccc3)cc2)cc1. The van der Waals surface area contributed by atoms with Gasteiger partial charge in [0.05, 0.1) is 10.4 Å². The first kappa shape index (κ1) is 19.9. The second-order valence-corrected chi connectivity index (χ2v) is 8.79. The molecule has 0 aliphatic rings. The summed E-state index contributed by atoms with van der Waals surface area (Å²) >= 11 is 0. The van der Waals surface area contributed by atoms with Crippen molar-refractivity contribution in [1.29, 1.82) is 0 Å². The van der Waals surface area contributed by atoms with Gasteiger partial charge in [0, 0.05) is 28.8 Å². The fourth-order valence-corrected chi connectivity index (χ4v) is 4.06. The molecule has 2 aromatic heterocycles. The van der Waals surface area contributed by atoms with Crippen LogP contribution < -0.4 is 10.5 Å². The number of aromatic nitrogens is 3. The van der Waals surface area contributed by atoms with Gasteiger partial charge in [0.2, 0.25) is 10.0 Å². The Morgan fingerprint density at radius 3 is 2.16 bits per heavy atom. The van der Waals surface area contributed by atoms with Crippen LogP contribution in [-0.4, -0.2) is 23.0 Å². The maximum atomic E-state index is 11.6. The van der Waals surface area contributed by atoms with E-state index in [4.69, 9.17) is 10.1 Å². The predicted molar refractivity (Wildman–Crippen MR) is 125 cm³/mol. The molecule has 0 spiro atoms. The molecular formula is C24H19N5O2S. The van der Waals surface area contributed by atoms with Crippen molar-refractivity contribution >= 4 is 32.6 Å². The first-order valence-corrected chi connectivity index (χ1v) is 11.4. The topological polar surface area (TPSA) is 103 Å². The van der Waals surface area contributed by atoms with E-state index in [9.17, 15) is 8.42 Å². The van der Waals surface area contributed by atoms with Crippen molar-refractivity contribution in [2.75, 3.05) is 5.32 Å². The van der Waals surface area contributed by atoms with Crippen molar-refractivity contribution in [1.82, 2.24) is 14.5 Å². The summed E-state index contributed by atoms with van der Waals surface area (Å²) < 4.78 is 25.2. The highest BCUT2D eigenvalue weighted by Gasteiger charge is 2.16. The van der Waals surface area contributed by atoms with Gasteiger partial charge in [-0.15, -0.1) is 0 Å². The molecule has 3 aromatic carbocycles. The zero-order valence-corrected chi connectivity index (χ0v) is 17.7. The van der Waals surface area contributed by atoms with Gasteiger partial charge in [-0.1, -0.05) is 18.2 Å². The minimum atomic E-state index is -3.77. The molecule has 5 rings (SSSR count). The number of sulfonamides is 1. The molecular weight excluding hydrogens is 422 g/mol. The summed E-state index contributed by atoms with van der Waals surface area (Å²) in [5.74, 6) is 0.656. The Bertz CT molecular complexity index is 1490. The Morgan fingerprint density at radius 1 is 0.781 bits per heavy atom. The predicted octanol–water partition coefficient (Wildman–Crippen LogP) is 4.48. The highest BCUT2D eigenvalue weighted by molar-refractivity contribution is 7.89. The van der Waals surface area contributed by atoms with Gasteiger partial charge >= 0.3 is 0 Å².